The largest absolute Gasteiger partial charge is 0.344 e. The number of carbonyl (C=O) groups is 2. The average Bonchev–Trinajstić information content (AvgIpc) is 3.08. The first kappa shape index (κ1) is 16.4. The van der Waals surface area contributed by atoms with Gasteiger partial charge >= 0.3 is 0 Å². The van der Waals surface area contributed by atoms with E-state index in [-0.39, 0.29) is 17.7 Å². The fourth-order valence-corrected chi connectivity index (χ4v) is 3.61. The third kappa shape index (κ3) is 2.74. The zero-order chi connectivity index (χ0) is 17.3. The molecule has 1 atom stereocenters. The quantitative estimate of drug-likeness (QED) is 0.617. The number of hydrogen-bond donors (Lipinski definition) is 0. The number of nitrogens with zero attached hydrogens (tertiary/aromatic N) is 2. The van der Waals surface area contributed by atoms with Crippen molar-refractivity contribution in [1.82, 2.24) is 9.47 Å². The minimum absolute atomic E-state index is 0.0106. The highest BCUT2D eigenvalue weighted by Crippen LogP contribution is 2.34. The van der Waals surface area contributed by atoms with Gasteiger partial charge in [0, 0.05) is 28.7 Å². The molecule has 3 rings (SSSR count). The fraction of sp³-hybridized carbons (Fsp3) is 0.263. The number of benzene rings is 1. The molecule has 0 spiro atoms. The van der Waals surface area contributed by atoms with Gasteiger partial charge in [0.25, 0.3) is 11.1 Å². The Bertz CT molecular complexity index is 888. The molecule has 1 aromatic heterocycles. The van der Waals surface area contributed by atoms with Crippen LogP contribution in [0.5, 0.6) is 0 Å². The summed E-state index contributed by atoms with van der Waals surface area (Å²) in [7, 11) is 0. The molecule has 4 nitrogen and oxygen atoms in total. The number of amides is 2. The highest BCUT2D eigenvalue weighted by molar-refractivity contribution is 8.18. The molecule has 0 bridgehead atoms. The van der Waals surface area contributed by atoms with E-state index in [9.17, 15) is 9.59 Å². The Balaban J connectivity index is 2.07. The maximum absolute atomic E-state index is 12.4. The lowest BCUT2D eigenvalue weighted by Gasteiger charge is -2.12. The molecule has 5 heteroatoms. The molecule has 24 heavy (non-hydrogen) atoms. The molecule has 2 heterocycles. The second-order valence-electron chi connectivity index (χ2n) is 5.74. The number of aromatic nitrogens is 1. The molecule has 1 unspecified atom stereocenters. The van der Waals surface area contributed by atoms with E-state index in [1.807, 2.05) is 24.4 Å². The molecule has 1 saturated heterocycles. The third-order valence-electron chi connectivity index (χ3n) is 4.25. The minimum Gasteiger partial charge on any atom is -0.344 e. The van der Waals surface area contributed by atoms with Gasteiger partial charge in [-0.15, -0.1) is 6.42 Å². The van der Waals surface area contributed by atoms with Crippen molar-refractivity contribution in [2.45, 2.75) is 26.3 Å². The number of carbonyl (C=O) groups excluding carboxylic acids is 2. The molecule has 0 saturated carbocycles. The predicted octanol–water partition coefficient (Wildman–Crippen LogP) is 4.28. The third-order valence-corrected chi connectivity index (χ3v) is 5.15. The van der Waals surface area contributed by atoms with Crippen molar-refractivity contribution < 1.29 is 9.59 Å². The van der Waals surface area contributed by atoms with Gasteiger partial charge in [-0.1, -0.05) is 31.0 Å². The lowest BCUT2D eigenvalue weighted by atomic mass is 10.1. The first-order valence-corrected chi connectivity index (χ1v) is 8.66. The van der Waals surface area contributed by atoms with Crippen LogP contribution in [0.15, 0.2) is 35.4 Å². The smallest absolute Gasteiger partial charge is 0.294 e. The molecular weight excluding hydrogens is 320 g/mol. The summed E-state index contributed by atoms with van der Waals surface area (Å²) < 4.78 is 2.22. The van der Waals surface area contributed by atoms with E-state index in [1.165, 1.54) is 0 Å². The number of thioether (sulfide) groups is 1. The zero-order valence-corrected chi connectivity index (χ0v) is 14.5. The highest BCUT2D eigenvalue weighted by Gasteiger charge is 2.34. The van der Waals surface area contributed by atoms with E-state index in [0.29, 0.717) is 10.9 Å². The summed E-state index contributed by atoms with van der Waals surface area (Å²) in [5, 5.41) is 0.761. The summed E-state index contributed by atoms with van der Waals surface area (Å²) in [4.78, 5) is 25.8. The van der Waals surface area contributed by atoms with Crippen molar-refractivity contribution in [3.63, 3.8) is 0 Å². The van der Waals surface area contributed by atoms with E-state index in [4.69, 9.17) is 6.42 Å². The zero-order valence-electron chi connectivity index (χ0n) is 13.7. The van der Waals surface area contributed by atoms with Crippen LogP contribution < -0.4 is 0 Å². The van der Waals surface area contributed by atoms with Gasteiger partial charge in [0.15, 0.2) is 0 Å². The molecule has 122 valence electrons. The number of rotatable bonds is 4. The van der Waals surface area contributed by atoms with Crippen molar-refractivity contribution >= 4 is 39.9 Å². The van der Waals surface area contributed by atoms with Gasteiger partial charge < -0.3 is 4.57 Å². The second-order valence-corrected chi connectivity index (χ2v) is 6.73. The van der Waals surface area contributed by atoms with Gasteiger partial charge in [0.05, 0.1) is 11.4 Å². The summed E-state index contributed by atoms with van der Waals surface area (Å²) >= 11 is 0.942. The Morgan fingerprint density at radius 2 is 2.08 bits per heavy atom. The normalized spacial score (nSPS) is 17.7. The Labute approximate surface area is 145 Å². The van der Waals surface area contributed by atoms with Gasteiger partial charge in [0.1, 0.15) is 0 Å². The van der Waals surface area contributed by atoms with Crippen molar-refractivity contribution in [2.75, 3.05) is 6.54 Å². The minimum atomic E-state index is -0.316. The second kappa shape index (κ2) is 6.58. The van der Waals surface area contributed by atoms with E-state index in [1.54, 1.807) is 6.08 Å². The molecule has 1 aliphatic rings. The van der Waals surface area contributed by atoms with Crippen LogP contribution in [-0.2, 0) is 4.79 Å². The van der Waals surface area contributed by atoms with Crippen LogP contribution in [0.2, 0.25) is 0 Å². The van der Waals surface area contributed by atoms with Gasteiger partial charge in [-0.25, -0.2) is 0 Å². The van der Waals surface area contributed by atoms with Crippen LogP contribution in [0.1, 0.15) is 31.9 Å². The summed E-state index contributed by atoms with van der Waals surface area (Å²) in [6, 6.07) is 8.44. The van der Waals surface area contributed by atoms with Gasteiger partial charge in [0.2, 0.25) is 0 Å². The van der Waals surface area contributed by atoms with Gasteiger partial charge in [-0.3, -0.25) is 14.5 Å². The summed E-state index contributed by atoms with van der Waals surface area (Å²) in [5.41, 5.74) is 2.07. The fourth-order valence-electron chi connectivity index (χ4n) is 2.78. The maximum Gasteiger partial charge on any atom is 0.294 e. The molecule has 1 aliphatic heterocycles. The topological polar surface area (TPSA) is 42.3 Å². The van der Waals surface area contributed by atoms with Crippen LogP contribution in [0.3, 0.4) is 0 Å². The molecule has 0 aliphatic carbocycles. The molecule has 2 amide bonds. The number of fused-ring (bicyclic) bond motifs is 1. The van der Waals surface area contributed by atoms with Crippen LogP contribution in [-0.4, -0.2) is 27.2 Å². The van der Waals surface area contributed by atoms with Crippen LogP contribution >= 0.6 is 11.8 Å². The number of terminal acetylenes is 1. The molecule has 2 aromatic rings. The van der Waals surface area contributed by atoms with Crippen molar-refractivity contribution in [3.8, 4) is 12.3 Å². The summed E-state index contributed by atoms with van der Waals surface area (Å²) in [5.74, 6) is 2.03. The number of hydrogen-bond acceptors (Lipinski definition) is 3. The molecule has 1 fully saturated rings. The van der Waals surface area contributed by atoms with E-state index in [2.05, 4.69) is 30.4 Å². The SMILES string of the molecule is C#CCN1C(=O)SC(=Cc2cn(C(C)CC)c3ccccc23)C1=O. The van der Waals surface area contributed by atoms with E-state index >= 15 is 0 Å². The average molecular weight is 338 g/mol. The highest BCUT2D eigenvalue weighted by atomic mass is 32.2. The van der Waals surface area contributed by atoms with Crippen LogP contribution in [0, 0.1) is 12.3 Å². The summed E-state index contributed by atoms with van der Waals surface area (Å²) in [6.07, 6.45) is 10.1. The first-order chi connectivity index (χ1) is 11.6. The predicted molar refractivity (Wildman–Crippen MR) is 98.5 cm³/mol. The van der Waals surface area contributed by atoms with Crippen molar-refractivity contribution in [1.29, 1.82) is 0 Å². The molecule has 0 N–H and O–H groups in total. The number of para-hydroxylation sites is 1. The van der Waals surface area contributed by atoms with Crippen molar-refractivity contribution in [2.24, 2.45) is 0 Å². The lowest BCUT2D eigenvalue weighted by Crippen LogP contribution is -2.28. The first-order valence-electron chi connectivity index (χ1n) is 7.85. The van der Waals surface area contributed by atoms with E-state index < -0.39 is 0 Å². The summed E-state index contributed by atoms with van der Waals surface area (Å²) in [6.45, 7) is 4.32. The maximum atomic E-state index is 12.4. The standard InChI is InChI=1S/C19H18N2O2S/c1-4-10-20-18(22)17(24-19(20)23)11-14-12-21(13(3)5-2)16-9-7-6-8-15(14)16/h1,6-9,11-13H,5,10H2,2-3H3. The Hall–Kier alpha value is -2.45. The lowest BCUT2D eigenvalue weighted by molar-refractivity contribution is -0.122. The number of imide groups is 1. The van der Waals surface area contributed by atoms with Crippen LogP contribution in [0.4, 0.5) is 4.79 Å². The molecule has 0 radical (unpaired) electrons. The molecular formula is C19H18N2O2S. The van der Waals surface area contributed by atoms with Gasteiger partial charge in [-0.2, -0.15) is 0 Å². The van der Waals surface area contributed by atoms with Crippen LogP contribution in [0.25, 0.3) is 17.0 Å². The Morgan fingerprint density at radius 1 is 1.33 bits per heavy atom. The monoisotopic (exact) mass is 338 g/mol. The van der Waals surface area contributed by atoms with Crippen molar-refractivity contribution in [3.05, 3.63) is 40.9 Å². The Morgan fingerprint density at radius 3 is 2.79 bits per heavy atom. The molecule has 1 aromatic carbocycles. The Kier molecular flexibility index (Phi) is 4.50. The van der Waals surface area contributed by atoms with E-state index in [0.717, 1.165) is 39.5 Å². The van der Waals surface area contributed by atoms with Gasteiger partial charge in [-0.05, 0) is 37.2 Å².